The SMILES string of the molecule is COc1cccc(-c2nnc(CCNS(=O)(=O)c3ccc(F)c(C)c3)o2)c1. The van der Waals surface area contributed by atoms with Gasteiger partial charge in [-0.1, -0.05) is 6.07 Å². The highest BCUT2D eigenvalue weighted by Gasteiger charge is 2.16. The van der Waals surface area contributed by atoms with Crippen molar-refractivity contribution in [1.82, 2.24) is 14.9 Å². The number of nitrogens with one attached hydrogen (secondary N) is 1. The highest BCUT2D eigenvalue weighted by atomic mass is 32.2. The summed E-state index contributed by atoms with van der Waals surface area (Å²) in [6.45, 7) is 1.57. The van der Waals surface area contributed by atoms with Crippen molar-refractivity contribution in [2.75, 3.05) is 13.7 Å². The number of sulfonamides is 1. The molecule has 1 heterocycles. The molecule has 0 radical (unpaired) electrons. The summed E-state index contributed by atoms with van der Waals surface area (Å²) in [5, 5.41) is 7.89. The maximum Gasteiger partial charge on any atom is 0.247 e. The summed E-state index contributed by atoms with van der Waals surface area (Å²) in [7, 11) is -2.18. The Bertz CT molecular complexity index is 1050. The molecule has 3 rings (SSSR count). The average Bonchev–Trinajstić information content (AvgIpc) is 3.12. The molecule has 0 saturated carbocycles. The van der Waals surface area contributed by atoms with Crippen molar-refractivity contribution in [2.24, 2.45) is 0 Å². The molecule has 142 valence electrons. The molecule has 0 amide bonds. The van der Waals surface area contributed by atoms with Crippen LogP contribution in [0.2, 0.25) is 0 Å². The summed E-state index contributed by atoms with van der Waals surface area (Å²) in [5.74, 6) is 0.825. The third-order valence-corrected chi connectivity index (χ3v) is 5.31. The van der Waals surface area contributed by atoms with Crippen molar-refractivity contribution in [3.63, 3.8) is 0 Å². The van der Waals surface area contributed by atoms with Crippen molar-refractivity contribution in [3.8, 4) is 17.2 Å². The average molecular weight is 391 g/mol. The number of rotatable bonds is 7. The second-order valence-corrected chi connectivity index (χ2v) is 7.56. The second-order valence-electron chi connectivity index (χ2n) is 5.79. The molecule has 9 heteroatoms. The quantitative estimate of drug-likeness (QED) is 0.666. The Morgan fingerprint density at radius 2 is 2.00 bits per heavy atom. The van der Waals surface area contributed by atoms with Gasteiger partial charge in [-0.3, -0.25) is 0 Å². The number of aryl methyl sites for hydroxylation is 1. The molecule has 0 saturated heterocycles. The highest BCUT2D eigenvalue weighted by Crippen LogP contribution is 2.22. The molecule has 27 heavy (non-hydrogen) atoms. The number of hydrogen-bond acceptors (Lipinski definition) is 6. The molecular weight excluding hydrogens is 373 g/mol. The van der Waals surface area contributed by atoms with Gasteiger partial charge in [0.05, 0.1) is 12.0 Å². The van der Waals surface area contributed by atoms with E-state index in [2.05, 4.69) is 14.9 Å². The van der Waals surface area contributed by atoms with Crippen LogP contribution in [-0.2, 0) is 16.4 Å². The molecule has 0 spiro atoms. The van der Waals surface area contributed by atoms with E-state index in [0.29, 0.717) is 23.1 Å². The van der Waals surface area contributed by atoms with Crippen molar-refractivity contribution >= 4 is 10.0 Å². The standard InChI is InChI=1S/C18H18FN3O4S/c1-12-10-15(6-7-16(12)19)27(23,24)20-9-8-17-21-22-18(26-17)13-4-3-5-14(11-13)25-2/h3-7,10-11,20H,8-9H2,1-2H3. The Balaban J connectivity index is 1.64. The molecule has 1 aromatic heterocycles. The largest absolute Gasteiger partial charge is 0.497 e. The van der Waals surface area contributed by atoms with Gasteiger partial charge in [0.25, 0.3) is 0 Å². The van der Waals surface area contributed by atoms with E-state index in [4.69, 9.17) is 9.15 Å². The molecule has 2 aromatic carbocycles. The van der Waals surface area contributed by atoms with Gasteiger partial charge in [0, 0.05) is 18.5 Å². The molecule has 3 aromatic rings. The zero-order valence-corrected chi connectivity index (χ0v) is 15.6. The predicted octanol–water partition coefficient (Wildman–Crippen LogP) is 2.71. The number of methoxy groups -OCH3 is 1. The maximum absolute atomic E-state index is 13.3. The number of hydrogen-bond donors (Lipinski definition) is 1. The molecule has 0 aliphatic carbocycles. The Morgan fingerprint density at radius 1 is 1.19 bits per heavy atom. The van der Waals surface area contributed by atoms with Crippen LogP contribution in [0.25, 0.3) is 11.5 Å². The maximum atomic E-state index is 13.3. The van der Waals surface area contributed by atoms with Gasteiger partial charge in [0.2, 0.25) is 21.8 Å². The van der Waals surface area contributed by atoms with Crippen LogP contribution in [-0.4, -0.2) is 32.3 Å². The molecule has 1 N–H and O–H groups in total. The van der Waals surface area contributed by atoms with E-state index in [1.54, 1.807) is 31.4 Å². The molecular formula is C18H18FN3O4S. The Kier molecular flexibility index (Phi) is 5.52. The highest BCUT2D eigenvalue weighted by molar-refractivity contribution is 7.89. The van der Waals surface area contributed by atoms with Gasteiger partial charge < -0.3 is 9.15 Å². The van der Waals surface area contributed by atoms with Crippen LogP contribution in [0.15, 0.2) is 51.8 Å². The van der Waals surface area contributed by atoms with E-state index in [-0.39, 0.29) is 23.4 Å². The topological polar surface area (TPSA) is 94.3 Å². The normalized spacial score (nSPS) is 11.5. The van der Waals surface area contributed by atoms with Crippen molar-refractivity contribution < 1.29 is 22.0 Å². The monoisotopic (exact) mass is 391 g/mol. The number of nitrogens with zero attached hydrogens (tertiary/aromatic N) is 2. The summed E-state index contributed by atoms with van der Waals surface area (Å²) < 4.78 is 51.0. The lowest BCUT2D eigenvalue weighted by Crippen LogP contribution is -2.26. The fourth-order valence-corrected chi connectivity index (χ4v) is 3.50. The first-order valence-corrected chi connectivity index (χ1v) is 9.60. The van der Waals surface area contributed by atoms with Crippen LogP contribution < -0.4 is 9.46 Å². The van der Waals surface area contributed by atoms with Crippen LogP contribution in [0.4, 0.5) is 4.39 Å². The summed E-state index contributed by atoms with van der Waals surface area (Å²) in [4.78, 5) is 0.00370. The Labute approximate surface area is 156 Å². The predicted molar refractivity (Wildman–Crippen MR) is 96.3 cm³/mol. The van der Waals surface area contributed by atoms with E-state index in [0.717, 1.165) is 6.07 Å². The fraction of sp³-hybridized carbons (Fsp3) is 0.222. The fourth-order valence-electron chi connectivity index (χ4n) is 2.39. The minimum absolute atomic E-state index is 0.00370. The first kappa shape index (κ1) is 19.0. The van der Waals surface area contributed by atoms with E-state index in [1.165, 1.54) is 19.1 Å². The van der Waals surface area contributed by atoms with Crippen LogP contribution in [0, 0.1) is 12.7 Å². The lowest BCUT2D eigenvalue weighted by molar-refractivity contribution is 0.414. The van der Waals surface area contributed by atoms with Gasteiger partial charge in [0.15, 0.2) is 0 Å². The molecule has 0 atom stereocenters. The van der Waals surface area contributed by atoms with Crippen LogP contribution in [0.1, 0.15) is 11.5 Å². The number of aromatic nitrogens is 2. The van der Waals surface area contributed by atoms with Gasteiger partial charge in [-0.15, -0.1) is 10.2 Å². The van der Waals surface area contributed by atoms with Crippen LogP contribution in [0.3, 0.4) is 0 Å². The van der Waals surface area contributed by atoms with Crippen molar-refractivity contribution in [1.29, 1.82) is 0 Å². The van der Waals surface area contributed by atoms with Gasteiger partial charge in [-0.05, 0) is 48.9 Å². The number of benzene rings is 2. The summed E-state index contributed by atoms with van der Waals surface area (Å²) in [6.07, 6.45) is 0.219. The molecule has 0 fully saturated rings. The smallest absolute Gasteiger partial charge is 0.247 e. The van der Waals surface area contributed by atoms with Gasteiger partial charge in [0.1, 0.15) is 11.6 Å². The molecule has 0 aliphatic rings. The first-order valence-electron chi connectivity index (χ1n) is 8.11. The zero-order chi connectivity index (χ0) is 19.4. The third kappa shape index (κ3) is 4.50. The first-order chi connectivity index (χ1) is 12.9. The minimum atomic E-state index is -3.75. The van der Waals surface area contributed by atoms with Crippen molar-refractivity contribution in [3.05, 3.63) is 59.7 Å². The number of ether oxygens (including phenoxy) is 1. The second kappa shape index (κ2) is 7.85. The molecule has 0 unspecified atom stereocenters. The lowest BCUT2D eigenvalue weighted by atomic mass is 10.2. The van der Waals surface area contributed by atoms with E-state index < -0.39 is 15.8 Å². The van der Waals surface area contributed by atoms with E-state index >= 15 is 0 Å². The zero-order valence-electron chi connectivity index (χ0n) is 14.8. The van der Waals surface area contributed by atoms with Gasteiger partial charge >= 0.3 is 0 Å². The summed E-state index contributed by atoms with van der Waals surface area (Å²) >= 11 is 0. The lowest BCUT2D eigenvalue weighted by Gasteiger charge is -2.06. The summed E-state index contributed by atoms with van der Waals surface area (Å²) in [5.41, 5.74) is 0.966. The summed E-state index contributed by atoms with van der Waals surface area (Å²) in [6, 6.07) is 10.8. The van der Waals surface area contributed by atoms with E-state index in [1.807, 2.05) is 0 Å². The molecule has 0 aliphatic heterocycles. The van der Waals surface area contributed by atoms with Gasteiger partial charge in [-0.25, -0.2) is 17.5 Å². The minimum Gasteiger partial charge on any atom is -0.497 e. The molecule has 7 nitrogen and oxygen atoms in total. The Hall–Kier alpha value is -2.78. The Morgan fingerprint density at radius 3 is 2.74 bits per heavy atom. The van der Waals surface area contributed by atoms with Crippen LogP contribution in [0.5, 0.6) is 5.75 Å². The van der Waals surface area contributed by atoms with Gasteiger partial charge in [-0.2, -0.15) is 0 Å². The molecule has 0 bridgehead atoms. The third-order valence-electron chi connectivity index (χ3n) is 3.85. The van der Waals surface area contributed by atoms with E-state index in [9.17, 15) is 12.8 Å². The van der Waals surface area contributed by atoms with Crippen LogP contribution >= 0.6 is 0 Å². The van der Waals surface area contributed by atoms with Crippen molar-refractivity contribution in [2.45, 2.75) is 18.2 Å². The number of halogens is 1.